The summed E-state index contributed by atoms with van der Waals surface area (Å²) in [6, 6.07) is 0. The van der Waals surface area contributed by atoms with E-state index in [4.69, 9.17) is 18.9 Å². The Morgan fingerprint density at radius 1 is 0.833 bits per heavy atom. The lowest BCUT2D eigenvalue weighted by atomic mass is 10.3. The molecular formula is C12H20O6. The third kappa shape index (κ3) is 7.81. The second-order valence-electron chi connectivity index (χ2n) is 3.14. The third-order valence-corrected chi connectivity index (χ3v) is 1.82. The van der Waals surface area contributed by atoms with Gasteiger partial charge in [-0.1, -0.05) is 6.58 Å². The normalized spacial score (nSPS) is 9.89. The van der Waals surface area contributed by atoms with Gasteiger partial charge in [0.2, 0.25) is 0 Å². The van der Waals surface area contributed by atoms with Gasteiger partial charge in [0.25, 0.3) is 0 Å². The number of rotatable bonds is 10. The van der Waals surface area contributed by atoms with Crippen LogP contribution in [0.15, 0.2) is 12.2 Å². The van der Waals surface area contributed by atoms with Gasteiger partial charge in [-0.2, -0.15) is 0 Å². The molecule has 0 amide bonds. The maximum absolute atomic E-state index is 11.3. The second-order valence-corrected chi connectivity index (χ2v) is 3.14. The van der Waals surface area contributed by atoms with E-state index in [0.29, 0.717) is 13.2 Å². The number of carbonyl (C=O) groups excluding carboxylic acids is 2. The Balaban J connectivity index is 3.76. The predicted octanol–water partition coefficient (Wildman–Crippen LogP) is 0.702. The first-order valence-corrected chi connectivity index (χ1v) is 5.82. The molecule has 0 heterocycles. The van der Waals surface area contributed by atoms with Crippen molar-refractivity contribution in [3.8, 4) is 0 Å². The van der Waals surface area contributed by atoms with Gasteiger partial charge in [-0.15, -0.1) is 0 Å². The molecule has 0 fully saturated rings. The lowest BCUT2D eigenvalue weighted by Crippen LogP contribution is -2.20. The number of ether oxygens (including phenoxy) is 4. The second kappa shape index (κ2) is 10.7. The molecule has 0 atom stereocenters. The Morgan fingerprint density at radius 2 is 1.22 bits per heavy atom. The highest BCUT2D eigenvalue weighted by Crippen LogP contribution is 1.98. The van der Waals surface area contributed by atoms with E-state index in [2.05, 4.69) is 6.58 Å². The minimum atomic E-state index is -0.795. The van der Waals surface area contributed by atoms with E-state index < -0.39 is 11.9 Å². The van der Waals surface area contributed by atoms with Crippen LogP contribution in [0.25, 0.3) is 0 Å². The highest BCUT2D eigenvalue weighted by molar-refractivity contribution is 6.13. The zero-order valence-electron chi connectivity index (χ0n) is 10.9. The SMILES string of the molecule is C=C(C(=O)OCCOCC)C(=O)OCCOCC. The molecule has 0 radical (unpaired) electrons. The lowest BCUT2D eigenvalue weighted by molar-refractivity contribution is -0.148. The van der Waals surface area contributed by atoms with Gasteiger partial charge < -0.3 is 18.9 Å². The maximum atomic E-state index is 11.3. The van der Waals surface area contributed by atoms with Crippen LogP contribution in [0.5, 0.6) is 0 Å². The van der Waals surface area contributed by atoms with E-state index in [9.17, 15) is 9.59 Å². The van der Waals surface area contributed by atoms with E-state index in [0.717, 1.165) is 0 Å². The number of carbonyl (C=O) groups is 2. The standard InChI is InChI=1S/C12H20O6/c1-4-15-6-8-17-11(13)10(3)12(14)18-9-7-16-5-2/h3-9H2,1-2H3. The highest BCUT2D eigenvalue weighted by atomic mass is 16.6. The van der Waals surface area contributed by atoms with Crippen molar-refractivity contribution in [2.45, 2.75) is 13.8 Å². The van der Waals surface area contributed by atoms with Gasteiger partial charge in [-0.05, 0) is 13.8 Å². The Labute approximate surface area is 107 Å². The molecule has 6 heteroatoms. The fourth-order valence-corrected chi connectivity index (χ4v) is 0.933. The van der Waals surface area contributed by atoms with Crippen LogP contribution in [0.4, 0.5) is 0 Å². The lowest BCUT2D eigenvalue weighted by Gasteiger charge is -2.07. The van der Waals surface area contributed by atoms with Gasteiger partial charge in [-0.25, -0.2) is 9.59 Å². The average molecular weight is 260 g/mol. The van der Waals surface area contributed by atoms with Gasteiger partial charge in [0.15, 0.2) is 0 Å². The highest BCUT2D eigenvalue weighted by Gasteiger charge is 2.18. The maximum Gasteiger partial charge on any atom is 0.345 e. The molecule has 0 aromatic carbocycles. The van der Waals surface area contributed by atoms with Crippen molar-refractivity contribution < 1.29 is 28.5 Å². The molecule has 0 spiro atoms. The first-order valence-electron chi connectivity index (χ1n) is 5.82. The molecule has 6 nitrogen and oxygen atoms in total. The van der Waals surface area contributed by atoms with Crippen molar-refractivity contribution >= 4 is 11.9 Å². The molecular weight excluding hydrogens is 240 g/mol. The summed E-state index contributed by atoms with van der Waals surface area (Å²) in [6.07, 6.45) is 0. The predicted molar refractivity (Wildman–Crippen MR) is 64.0 cm³/mol. The molecule has 0 N–H and O–H groups in total. The molecule has 0 rings (SSSR count). The first-order chi connectivity index (χ1) is 8.63. The fraction of sp³-hybridized carbons (Fsp3) is 0.667. The molecule has 0 bridgehead atoms. The van der Waals surface area contributed by atoms with Gasteiger partial charge in [0.1, 0.15) is 18.8 Å². The molecule has 104 valence electrons. The topological polar surface area (TPSA) is 71.1 Å². The van der Waals surface area contributed by atoms with Crippen LogP contribution in [-0.2, 0) is 28.5 Å². The van der Waals surface area contributed by atoms with Crippen LogP contribution in [-0.4, -0.2) is 51.6 Å². The quantitative estimate of drug-likeness (QED) is 0.189. The number of esters is 2. The Hall–Kier alpha value is -1.40. The summed E-state index contributed by atoms with van der Waals surface area (Å²) in [4.78, 5) is 22.7. The van der Waals surface area contributed by atoms with Gasteiger partial charge in [0, 0.05) is 13.2 Å². The van der Waals surface area contributed by atoms with E-state index in [1.165, 1.54) is 0 Å². The molecule has 0 aliphatic heterocycles. The minimum absolute atomic E-state index is 0.0813. The summed E-state index contributed by atoms with van der Waals surface area (Å²) in [7, 11) is 0. The van der Waals surface area contributed by atoms with Gasteiger partial charge in [0.05, 0.1) is 13.2 Å². The number of hydrogen-bond donors (Lipinski definition) is 0. The molecule has 18 heavy (non-hydrogen) atoms. The van der Waals surface area contributed by atoms with Crippen molar-refractivity contribution in [2.75, 3.05) is 39.6 Å². The van der Waals surface area contributed by atoms with Gasteiger partial charge >= 0.3 is 11.9 Å². The van der Waals surface area contributed by atoms with Crippen molar-refractivity contribution in [3.63, 3.8) is 0 Å². The molecule has 0 aliphatic rings. The largest absolute Gasteiger partial charge is 0.459 e. The van der Waals surface area contributed by atoms with Gasteiger partial charge in [-0.3, -0.25) is 0 Å². The summed E-state index contributed by atoms with van der Waals surface area (Å²) >= 11 is 0. The zero-order valence-corrected chi connectivity index (χ0v) is 10.9. The summed E-state index contributed by atoms with van der Waals surface area (Å²) < 4.78 is 19.5. The third-order valence-electron chi connectivity index (χ3n) is 1.82. The summed E-state index contributed by atoms with van der Waals surface area (Å²) in [5.74, 6) is -1.59. The van der Waals surface area contributed by atoms with Crippen LogP contribution >= 0.6 is 0 Å². The molecule has 0 aromatic heterocycles. The van der Waals surface area contributed by atoms with E-state index >= 15 is 0 Å². The van der Waals surface area contributed by atoms with E-state index in [1.807, 2.05) is 13.8 Å². The minimum Gasteiger partial charge on any atom is -0.459 e. The van der Waals surface area contributed by atoms with Crippen molar-refractivity contribution in [3.05, 3.63) is 12.2 Å². The monoisotopic (exact) mass is 260 g/mol. The Bertz CT molecular complexity index is 248. The molecule has 0 aliphatic carbocycles. The average Bonchev–Trinajstić information content (AvgIpc) is 2.38. The molecule has 0 saturated carbocycles. The van der Waals surface area contributed by atoms with E-state index in [1.54, 1.807) is 0 Å². The summed E-state index contributed by atoms with van der Waals surface area (Å²) in [6.45, 7) is 8.80. The van der Waals surface area contributed by atoms with Crippen LogP contribution in [0.2, 0.25) is 0 Å². The van der Waals surface area contributed by atoms with Crippen molar-refractivity contribution in [2.24, 2.45) is 0 Å². The summed E-state index contributed by atoms with van der Waals surface area (Å²) in [5.41, 5.74) is -0.331. The van der Waals surface area contributed by atoms with Crippen molar-refractivity contribution in [1.82, 2.24) is 0 Å². The van der Waals surface area contributed by atoms with Crippen LogP contribution in [0.1, 0.15) is 13.8 Å². The number of hydrogen-bond acceptors (Lipinski definition) is 6. The van der Waals surface area contributed by atoms with Crippen LogP contribution in [0, 0.1) is 0 Å². The van der Waals surface area contributed by atoms with Crippen molar-refractivity contribution in [1.29, 1.82) is 0 Å². The molecule has 0 aromatic rings. The fourth-order valence-electron chi connectivity index (χ4n) is 0.933. The molecule has 0 saturated heterocycles. The smallest absolute Gasteiger partial charge is 0.345 e. The zero-order chi connectivity index (χ0) is 13.8. The Morgan fingerprint density at radius 3 is 1.56 bits per heavy atom. The molecule has 0 unspecified atom stereocenters. The summed E-state index contributed by atoms with van der Waals surface area (Å²) in [5, 5.41) is 0. The Kier molecular flexibility index (Phi) is 9.90. The first kappa shape index (κ1) is 16.6. The van der Waals surface area contributed by atoms with E-state index in [-0.39, 0.29) is 32.0 Å². The van der Waals surface area contributed by atoms with Crippen LogP contribution in [0.3, 0.4) is 0 Å². The van der Waals surface area contributed by atoms with Crippen LogP contribution < -0.4 is 0 Å².